The SMILES string of the molecule is COC(=O)c1cc2ccccc2cc1-c1cc2ccccc2cc1C(=O)OC1CC(C)CCC1C(C)C. The Morgan fingerprint density at radius 3 is 1.73 bits per heavy atom. The van der Waals surface area contributed by atoms with E-state index in [2.05, 4.69) is 20.8 Å². The van der Waals surface area contributed by atoms with Crippen LogP contribution in [0.2, 0.25) is 0 Å². The van der Waals surface area contributed by atoms with Crippen LogP contribution in [-0.4, -0.2) is 25.2 Å². The summed E-state index contributed by atoms with van der Waals surface area (Å²) in [5.41, 5.74) is 2.25. The van der Waals surface area contributed by atoms with Crippen LogP contribution < -0.4 is 0 Å². The second kappa shape index (κ2) is 10.4. The Kier molecular flexibility index (Phi) is 7.01. The lowest BCUT2D eigenvalue weighted by atomic mass is 9.75. The zero-order valence-electron chi connectivity index (χ0n) is 22.0. The molecule has 0 N–H and O–H groups in total. The highest BCUT2D eigenvalue weighted by Crippen LogP contribution is 2.38. The minimum Gasteiger partial charge on any atom is -0.465 e. The third kappa shape index (κ3) is 4.98. The minimum atomic E-state index is -0.436. The monoisotopic (exact) mass is 494 g/mol. The molecule has 190 valence electrons. The molecule has 3 unspecified atom stereocenters. The summed E-state index contributed by atoms with van der Waals surface area (Å²) in [5, 5.41) is 3.87. The van der Waals surface area contributed by atoms with Gasteiger partial charge in [-0.1, -0.05) is 75.7 Å². The summed E-state index contributed by atoms with van der Waals surface area (Å²) >= 11 is 0. The van der Waals surface area contributed by atoms with Crippen molar-refractivity contribution >= 4 is 33.5 Å². The molecule has 4 heteroatoms. The third-order valence-electron chi connectivity index (χ3n) is 7.91. The van der Waals surface area contributed by atoms with Gasteiger partial charge in [-0.2, -0.15) is 0 Å². The first-order valence-corrected chi connectivity index (χ1v) is 13.2. The normalized spacial score (nSPS) is 19.8. The fraction of sp³-hybridized carbons (Fsp3) is 0.333. The number of fused-ring (bicyclic) bond motifs is 2. The fourth-order valence-electron chi connectivity index (χ4n) is 5.83. The van der Waals surface area contributed by atoms with E-state index in [1.54, 1.807) is 0 Å². The lowest BCUT2D eigenvalue weighted by molar-refractivity contribution is -0.0173. The van der Waals surface area contributed by atoms with Gasteiger partial charge >= 0.3 is 11.9 Å². The maximum Gasteiger partial charge on any atom is 0.339 e. The molecule has 3 atom stereocenters. The molecule has 0 bridgehead atoms. The van der Waals surface area contributed by atoms with E-state index < -0.39 is 5.97 Å². The van der Waals surface area contributed by atoms with Crippen molar-refractivity contribution in [2.75, 3.05) is 7.11 Å². The molecule has 1 aliphatic carbocycles. The molecule has 0 aliphatic heterocycles. The van der Waals surface area contributed by atoms with Crippen LogP contribution in [0.1, 0.15) is 60.7 Å². The summed E-state index contributed by atoms with van der Waals surface area (Å²) in [7, 11) is 1.38. The van der Waals surface area contributed by atoms with Gasteiger partial charge < -0.3 is 9.47 Å². The molecule has 5 rings (SSSR count). The Morgan fingerprint density at radius 2 is 1.24 bits per heavy atom. The number of hydrogen-bond acceptors (Lipinski definition) is 4. The van der Waals surface area contributed by atoms with E-state index in [9.17, 15) is 9.59 Å². The van der Waals surface area contributed by atoms with Gasteiger partial charge in [-0.25, -0.2) is 9.59 Å². The average Bonchev–Trinajstić information content (AvgIpc) is 2.91. The first-order valence-electron chi connectivity index (χ1n) is 13.2. The van der Waals surface area contributed by atoms with Gasteiger partial charge in [0.2, 0.25) is 0 Å². The highest BCUT2D eigenvalue weighted by atomic mass is 16.5. The van der Waals surface area contributed by atoms with Crippen molar-refractivity contribution in [3.8, 4) is 11.1 Å². The topological polar surface area (TPSA) is 52.6 Å². The van der Waals surface area contributed by atoms with E-state index in [0.717, 1.165) is 40.8 Å². The largest absolute Gasteiger partial charge is 0.465 e. The number of hydrogen-bond donors (Lipinski definition) is 0. The fourth-order valence-corrected chi connectivity index (χ4v) is 5.83. The molecule has 1 aliphatic rings. The van der Waals surface area contributed by atoms with Crippen molar-refractivity contribution in [2.24, 2.45) is 17.8 Å². The zero-order valence-corrected chi connectivity index (χ0v) is 22.0. The zero-order chi connectivity index (χ0) is 26.1. The standard InChI is InChI=1S/C33H34O4/c1-20(2)26-14-13-21(3)15-31(26)37-33(35)30-19-25-12-8-6-10-23(25)17-28(30)27-16-22-9-5-7-11-24(22)18-29(27)32(34)36-4/h5-12,16-21,26,31H,13-15H2,1-4H3. The quantitative estimate of drug-likeness (QED) is 0.263. The summed E-state index contributed by atoms with van der Waals surface area (Å²) in [4.78, 5) is 26.8. The molecular weight excluding hydrogens is 460 g/mol. The van der Waals surface area contributed by atoms with Gasteiger partial charge in [0, 0.05) is 0 Å². The van der Waals surface area contributed by atoms with Gasteiger partial charge in [0.15, 0.2) is 0 Å². The number of methoxy groups -OCH3 is 1. The molecule has 4 nitrogen and oxygen atoms in total. The highest BCUT2D eigenvalue weighted by molar-refractivity contribution is 6.09. The molecule has 0 amide bonds. The second-order valence-corrected chi connectivity index (χ2v) is 10.8. The molecule has 1 fully saturated rings. The molecule has 0 spiro atoms. The second-order valence-electron chi connectivity index (χ2n) is 10.8. The van der Waals surface area contributed by atoms with Crippen LogP contribution >= 0.6 is 0 Å². The first-order chi connectivity index (χ1) is 17.9. The smallest absolute Gasteiger partial charge is 0.339 e. The van der Waals surface area contributed by atoms with Crippen molar-refractivity contribution in [1.29, 1.82) is 0 Å². The van der Waals surface area contributed by atoms with Crippen LogP contribution in [0.3, 0.4) is 0 Å². The third-order valence-corrected chi connectivity index (χ3v) is 7.91. The Labute approximate surface area is 218 Å². The summed E-state index contributed by atoms with van der Waals surface area (Å²) < 4.78 is 11.4. The maximum atomic E-state index is 13.9. The summed E-state index contributed by atoms with van der Waals surface area (Å²) in [5.74, 6) is 0.530. The summed E-state index contributed by atoms with van der Waals surface area (Å²) in [6, 6.07) is 23.6. The highest BCUT2D eigenvalue weighted by Gasteiger charge is 2.34. The maximum absolute atomic E-state index is 13.9. The van der Waals surface area contributed by atoms with E-state index in [4.69, 9.17) is 9.47 Å². The number of carbonyl (C=O) groups excluding carboxylic acids is 2. The van der Waals surface area contributed by atoms with Gasteiger partial charge in [-0.15, -0.1) is 0 Å². The molecule has 0 radical (unpaired) electrons. The van der Waals surface area contributed by atoms with E-state index in [0.29, 0.717) is 40.0 Å². The summed E-state index contributed by atoms with van der Waals surface area (Å²) in [6.45, 7) is 6.65. The van der Waals surface area contributed by atoms with Crippen LogP contribution in [0.15, 0.2) is 72.8 Å². The van der Waals surface area contributed by atoms with Crippen LogP contribution in [0.25, 0.3) is 32.7 Å². The van der Waals surface area contributed by atoms with Gasteiger partial charge in [0.05, 0.1) is 18.2 Å². The molecular formula is C33H34O4. The van der Waals surface area contributed by atoms with Crippen molar-refractivity contribution in [2.45, 2.75) is 46.1 Å². The average molecular weight is 495 g/mol. The molecule has 0 heterocycles. The summed E-state index contributed by atoms with van der Waals surface area (Å²) in [6.07, 6.45) is 2.99. The van der Waals surface area contributed by atoms with Crippen LogP contribution in [0.5, 0.6) is 0 Å². The molecule has 37 heavy (non-hydrogen) atoms. The predicted octanol–water partition coefficient (Wildman–Crippen LogP) is 8.06. The van der Waals surface area contributed by atoms with Gasteiger partial charge in [0.25, 0.3) is 0 Å². The molecule has 4 aromatic rings. The minimum absolute atomic E-state index is 0.118. The Bertz CT molecular complexity index is 1470. The van der Waals surface area contributed by atoms with Crippen molar-refractivity contribution in [1.82, 2.24) is 0 Å². The van der Waals surface area contributed by atoms with Crippen molar-refractivity contribution in [3.05, 3.63) is 83.9 Å². The molecule has 0 aromatic heterocycles. The number of benzene rings is 4. The van der Waals surface area contributed by atoms with Gasteiger partial charge in [0.1, 0.15) is 6.10 Å². The molecule has 4 aromatic carbocycles. The number of esters is 2. The Hall–Kier alpha value is -3.66. The van der Waals surface area contributed by atoms with E-state index in [-0.39, 0.29) is 12.1 Å². The lowest BCUT2D eigenvalue weighted by Crippen LogP contribution is -2.36. The van der Waals surface area contributed by atoms with Crippen LogP contribution in [0.4, 0.5) is 0 Å². The number of ether oxygens (including phenoxy) is 2. The first kappa shape index (κ1) is 25.0. The lowest BCUT2D eigenvalue weighted by Gasteiger charge is -2.36. The van der Waals surface area contributed by atoms with Gasteiger partial charge in [-0.05, 0) is 87.5 Å². The van der Waals surface area contributed by atoms with Crippen molar-refractivity contribution < 1.29 is 19.1 Å². The Balaban J connectivity index is 1.67. The molecule has 0 saturated heterocycles. The van der Waals surface area contributed by atoms with Gasteiger partial charge in [-0.3, -0.25) is 0 Å². The Morgan fingerprint density at radius 1 is 0.757 bits per heavy atom. The van der Waals surface area contributed by atoms with Crippen molar-refractivity contribution in [3.63, 3.8) is 0 Å². The predicted molar refractivity (Wildman–Crippen MR) is 149 cm³/mol. The van der Waals surface area contributed by atoms with E-state index in [1.165, 1.54) is 7.11 Å². The van der Waals surface area contributed by atoms with Crippen LogP contribution in [0, 0.1) is 17.8 Å². The number of rotatable bonds is 5. The van der Waals surface area contributed by atoms with Crippen LogP contribution in [-0.2, 0) is 9.47 Å². The molecule has 1 saturated carbocycles. The van der Waals surface area contributed by atoms with E-state index >= 15 is 0 Å². The van der Waals surface area contributed by atoms with E-state index in [1.807, 2.05) is 72.8 Å². The number of carbonyl (C=O) groups is 2.